The average molecular weight is 258 g/mol. The molecule has 3 atom stereocenters. The Bertz CT molecular complexity index is 514. The summed E-state index contributed by atoms with van der Waals surface area (Å²) < 4.78 is 0. The predicted molar refractivity (Wildman–Crippen MR) is 70.9 cm³/mol. The van der Waals surface area contributed by atoms with Crippen LogP contribution in [0.3, 0.4) is 0 Å². The lowest BCUT2D eigenvalue weighted by Gasteiger charge is -2.23. The minimum atomic E-state index is -0.310. The van der Waals surface area contributed by atoms with E-state index in [0.29, 0.717) is 0 Å². The number of likely N-dealkylation sites (tertiary alicyclic amines) is 1. The summed E-state index contributed by atoms with van der Waals surface area (Å²) in [4.78, 5) is 25.7. The first-order chi connectivity index (χ1) is 8.94. The summed E-state index contributed by atoms with van der Waals surface area (Å²) in [5, 5.41) is 0. The van der Waals surface area contributed by atoms with Gasteiger partial charge < -0.3 is 5.73 Å². The molecule has 1 saturated heterocycles. The minimum Gasteiger partial charge on any atom is -0.322 e. The van der Waals surface area contributed by atoms with Crippen molar-refractivity contribution in [1.82, 2.24) is 4.90 Å². The van der Waals surface area contributed by atoms with Crippen LogP contribution >= 0.6 is 0 Å². The Morgan fingerprint density at radius 2 is 1.68 bits per heavy atom. The van der Waals surface area contributed by atoms with E-state index < -0.39 is 0 Å². The molecule has 3 unspecified atom stereocenters. The van der Waals surface area contributed by atoms with Gasteiger partial charge in [0.15, 0.2) is 0 Å². The van der Waals surface area contributed by atoms with Gasteiger partial charge in [0.25, 0.3) is 0 Å². The fourth-order valence-electron chi connectivity index (χ4n) is 3.19. The number of imide groups is 1. The Hall–Kier alpha value is -1.68. The lowest BCUT2D eigenvalue weighted by atomic mass is 10.0. The van der Waals surface area contributed by atoms with Crippen molar-refractivity contribution in [2.24, 2.45) is 23.0 Å². The number of benzene rings is 1. The van der Waals surface area contributed by atoms with Crippen LogP contribution in [0.1, 0.15) is 25.5 Å². The van der Waals surface area contributed by atoms with Gasteiger partial charge >= 0.3 is 0 Å². The van der Waals surface area contributed by atoms with Gasteiger partial charge in [-0.25, -0.2) is 0 Å². The molecule has 19 heavy (non-hydrogen) atoms. The first kappa shape index (κ1) is 12.4. The second-order valence-electron chi connectivity index (χ2n) is 6.08. The number of piperidine rings is 1. The molecule has 1 saturated carbocycles. The molecule has 2 aliphatic rings. The summed E-state index contributed by atoms with van der Waals surface area (Å²) in [6.45, 7) is 4.24. The highest BCUT2D eigenvalue weighted by Crippen LogP contribution is 2.63. The third kappa shape index (κ3) is 1.70. The molecule has 100 valence electrons. The maximum absolute atomic E-state index is 12.2. The van der Waals surface area contributed by atoms with Crippen LogP contribution in [0.4, 0.5) is 0 Å². The zero-order valence-corrected chi connectivity index (χ0v) is 11.2. The number of carbonyl (C=O) groups excluding carboxylic acids is 2. The van der Waals surface area contributed by atoms with Gasteiger partial charge in [0.1, 0.15) is 0 Å². The molecule has 1 aromatic rings. The highest BCUT2D eigenvalue weighted by atomic mass is 16.2. The number of nitrogens with two attached hydrogens (primary N) is 1. The van der Waals surface area contributed by atoms with E-state index in [4.69, 9.17) is 5.73 Å². The lowest BCUT2D eigenvalue weighted by Crippen LogP contribution is -2.40. The second-order valence-corrected chi connectivity index (χ2v) is 6.08. The van der Waals surface area contributed by atoms with Crippen LogP contribution in [0.2, 0.25) is 0 Å². The zero-order chi connectivity index (χ0) is 13.8. The second kappa shape index (κ2) is 3.90. The highest BCUT2D eigenvalue weighted by molar-refractivity contribution is 6.10. The molecule has 0 aromatic heterocycles. The van der Waals surface area contributed by atoms with Crippen LogP contribution in [0.25, 0.3) is 0 Å². The molecule has 2 fully saturated rings. The van der Waals surface area contributed by atoms with Crippen LogP contribution in [0, 0.1) is 17.3 Å². The van der Waals surface area contributed by atoms with Crippen LogP contribution in [-0.2, 0) is 9.59 Å². The van der Waals surface area contributed by atoms with Crippen LogP contribution in [0.15, 0.2) is 30.3 Å². The third-order valence-corrected chi connectivity index (χ3v) is 4.50. The van der Waals surface area contributed by atoms with E-state index in [-0.39, 0.29) is 41.7 Å². The maximum atomic E-state index is 12.2. The predicted octanol–water partition coefficient (Wildman–Crippen LogP) is 1.33. The van der Waals surface area contributed by atoms with Gasteiger partial charge in [-0.2, -0.15) is 0 Å². The number of rotatable bonds is 3. The van der Waals surface area contributed by atoms with E-state index in [0.717, 1.165) is 5.56 Å². The minimum absolute atomic E-state index is 0.0496. The van der Waals surface area contributed by atoms with Crippen LogP contribution < -0.4 is 5.73 Å². The third-order valence-electron chi connectivity index (χ3n) is 4.50. The summed E-state index contributed by atoms with van der Waals surface area (Å²) in [5.41, 5.74) is 6.88. The molecule has 0 bridgehead atoms. The van der Waals surface area contributed by atoms with E-state index in [2.05, 4.69) is 0 Å². The van der Waals surface area contributed by atoms with E-state index in [1.165, 1.54) is 4.90 Å². The summed E-state index contributed by atoms with van der Waals surface area (Å²) in [7, 11) is 0. The smallest absolute Gasteiger partial charge is 0.233 e. The first-order valence-corrected chi connectivity index (χ1v) is 6.60. The molecule has 0 spiro atoms. The van der Waals surface area contributed by atoms with Crippen molar-refractivity contribution < 1.29 is 9.59 Å². The summed E-state index contributed by atoms with van der Waals surface area (Å²) in [5.74, 6) is -0.344. The van der Waals surface area contributed by atoms with E-state index in [9.17, 15) is 9.59 Å². The van der Waals surface area contributed by atoms with E-state index >= 15 is 0 Å². The largest absolute Gasteiger partial charge is 0.322 e. The Kier molecular flexibility index (Phi) is 2.54. The molecular formula is C15H18N2O2. The monoisotopic (exact) mass is 258 g/mol. The van der Waals surface area contributed by atoms with Gasteiger partial charge in [0.05, 0.1) is 11.8 Å². The summed E-state index contributed by atoms with van der Waals surface area (Å²) in [6.07, 6.45) is 0. The van der Waals surface area contributed by atoms with Crippen LogP contribution in [0.5, 0.6) is 0 Å². The molecular weight excluding hydrogens is 240 g/mol. The van der Waals surface area contributed by atoms with Crippen molar-refractivity contribution in [3.8, 4) is 0 Å². The molecule has 2 N–H and O–H groups in total. The maximum Gasteiger partial charge on any atom is 0.233 e. The van der Waals surface area contributed by atoms with Gasteiger partial charge in [0.2, 0.25) is 11.8 Å². The van der Waals surface area contributed by atoms with E-state index in [1.807, 2.05) is 44.2 Å². The number of amides is 2. The number of hydrogen-bond donors (Lipinski definition) is 1. The first-order valence-electron chi connectivity index (χ1n) is 6.60. The van der Waals surface area contributed by atoms with Crippen molar-refractivity contribution in [3.05, 3.63) is 35.9 Å². The van der Waals surface area contributed by atoms with Crippen molar-refractivity contribution in [1.29, 1.82) is 0 Å². The van der Waals surface area contributed by atoms with Gasteiger partial charge in [0, 0.05) is 12.6 Å². The Morgan fingerprint density at radius 3 is 2.21 bits per heavy atom. The number of nitrogens with zero attached hydrogens (tertiary/aromatic N) is 1. The Morgan fingerprint density at radius 1 is 1.16 bits per heavy atom. The van der Waals surface area contributed by atoms with Crippen molar-refractivity contribution in [3.63, 3.8) is 0 Å². The van der Waals surface area contributed by atoms with E-state index in [1.54, 1.807) is 0 Å². The number of fused-ring (bicyclic) bond motifs is 1. The van der Waals surface area contributed by atoms with Crippen molar-refractivity contribution >= 4 is 11.8 Å². The van der Waals surface area contributed by atoms with Gasteiger partial charge in [-0.05, 0) is 11.0 Å². The van der Waals surface area contributed by atoms with Gasteiger partial charge in [-0.1, -0.05) is 44.2 Å². The number of hydrogen-bond acceptors (Lipinski definition) is 3. The molecule has 4 nitrogen and oxygen atoms in total. The number of carbonyl (C=O) groups is 2. The normalized spacial score (nSPS) is 29.3. The molecule has 0 radical (unpaired) electrons. The molecule has 2 amide bonds. The standard InChI is InChI=1S/C15H18N2O2/c1-15(2)11-12(15)14(19)17(13(11)18)8-10(16)9-6-4-3-5-7-9/h3-7,10-12H,8,16H2,1-2H3. The fraction of sp³-hybridized carbons (Fsp3) is 0.467. The van der Waals surface area contributed by atoms with Crippen molar-refractivity contribution in [2.45, 2.75) is 19.9 Å². The molecule has 1 aliphatic carbocycles. The quantitative estimate of drug-likeness (QED) is 0.832. The lowest BCUT2D eigenvalue weighted by molar-refractivity contribution is -0.143. The zero-order valence-electron chi connectivity index (χ0n) is 11.2. The SMILES string of the molecule is CC1(C)C2C(=O)N(CC(N)c3ccccc3)C(=O)C21. The molecule has 3 rings (SSSR count). The Labute approximate surface area is 112 Å². The topological polar surface area (TPSA) is 63.4 Å². The average Bonchev–Trinajstić information content (AvgIpc) is 2.87. The van der Waals surface area contributed by atoms with Crippen molar-refractivity contribution in [2.75, 3.05) is 6.54 Å². The molecule has 4 heteroatoms. The summed E-state index contributed by atoms with van der Waals surface area (Å²) in [6, 6.07) is 9.25. The summed E-state index contributed by atoms with van der Waals surface area (Å²) >= 11 is 0. The molecule has 1 aliphatic heterocycles. The molecule has 1 heterocycles. The highest BCUT2D eigenvalue weighted by Gasteiger charge is 2.72. The van der Waals surface area contributed by atoms with Crippen LogP contribution in [-0.4, -0.2) is 23.3 Å². The van der Waals surface area contributed by atoms with Gasteiger partial charge in [-0.3, -0.25) is 14.5 Å². The fourth-order valence-corrected chi connectivity index (χ4v) is 3.19. The molecule has 1 aromatic carbocycles. The van der Waals surface area contributed by atoms with Gasteiger partial charge in [-0.15, -0.1) is 0 Å². The Balaban J connectivity index is 1.73.